The van der Waals surface area contributed by atoms with E-state index in [1.165, 1.54) is 16.5 Å². The second-order valence-electron chi connectivity index (χ2n) is 5.46. The Labute approximate surface area is 129 Å². The van der Waals surface area contributed by atoms with Crippen molar-refractivity contribution in [3.8, 4) is 5.75 Å². The lowest BCUT2D eigenvalue weighted by Gasteiger charge is -2.10. The van der Waals surface area contributed by atoms with Gasteiger partial charge in [0.2, 0.25) is 0 Å². The standard InChI is InChI=1S/C18H18ClNO/c1-13(2)21-17-6-7-18-15(11-17)8-9-20(18)12-14-4-3-5-16(19)10-14/h3-11,13H,12H2,1-2H3. The van der Waals surface area contributed by atoms with Gasteiger partial charge in [-0.2, -0.15) is 0 Å². The summed E-state index contributed by atoms with van der Waals surface area (Å²) in [5.74, 6) is 0.915. The van der Waals surface area contributed by atoms with Crippen molar-refractivity contribution in [1.82, 2.24) is 4.57 Å². The predicted molar refractivity (Wildman–Crippen MR) is 88.3 cm³/mol. The minimum atomic E-state index is 0.191. The molecule has 0 bridgehead atoms. The molecule has 2 nitrogen and oxygen atoms in total. The lowest BCUT2D eigenvalue weighted by Crippen LogP contribution is -2.05. The quantitative estimate of drug-likeness (QED) is 0.651. The molecular weight excluding hydrogens is 282 g/mol. The molecule has 1 heterocycles. The van der Waals surface area contributed by atoms with E-state index in [-0.39, 0.29) is 6.10 Å². The van der Waals surface area contributed by atoms with E-state index in [9.17, 15) is 0 Å². The third-order valence-electron chi connectivity index (χ3n) is 3.36. The van der Waals surface area contributed by atoms with E-state index in [1.807, 2.05) is 38.1 Å². The summed E-state index contributed by atoms with van der Waals surface area (Å²) in [5.41, 5.74) is 2.40. The number of halogens is 1. The largest absolute Gasteiger partial charge is 0.491 e. The number of benzene rings is 2. The van der Waals surface area contributed by atoms with Crippen LogP contribution in [0.15, 0.2) is 54.7 Å². The van der Waals surface area contributed by atoms with Crippen LogP contribution in [0.1, 0.15) is 19.4 Å². The van der Waals surface area contributed by atoms with E-state index in [1.54, 1.807) is 0 Å². The molecule has 0 aliphatic rings. The smallest absolute Gasteiger partial charge is 0.120 e. The van der Waals surface area contributed by atoms with Crippen LogP contribution >= 0.6 is 11.6 Å². The molecule has 0 spiro atoms. The van der Waals surface area contributed by atoms with Crippen molar-refractivity contribution in [1.29, 1.82) is 0 Å². The Balaban J connectivity index is 1.90. The van der Waals surface area contributed by atoms with Gasteiger partial charge in [0.15, 0.2) is 0 Å². The summed E-state index contributed by atoms with van der Waals surface area (Å²) in [4.78, 5) is 0. The Bertz CT molecular complexity index is 761. The molecule has 0 aliphatic carbocycles. The van der Waals surface area contributed by atoms with Crippen LogP contribution in [0.2, 0.25) is 5.02 Å². The van der Waals surface area contributed by atoms with Crippen LogP contribution in [0.25, 0.3) is 10.9 Å². The van der Waals surface area contributed by atoms with Crippen molar-refractivity contribution < 1.29 is 4.74 Å². The van der Waals surface area contributed by atoms with E-state index >= 15 is 0 Å². The first-order valence-corrected chi connectivity index (χ1v) is 7.49. The van der Waals surface area contributed by atoms with Gasteiger partial charge in [-0.25, -0.2) is 0 Å². The van der Waals surface area contributed by atoms with Crippen molar-refractivity contribution in [3.05, 3.63) is 65.3 Å². The van der Waals surface area contributed by atoms with Gasteiger partial charge in [-0.15, -0.1) is 0 Å². The van der Waals surface area contributed by atoms with Crippen molar-refractivity contribution in [2.45, 2.75) is 26.5 Å². The zero-order chi connectivity index (χ0) is 14.8. The molecule has 3 heteroatoms. The third-order valence-corrected chi connectivity index (χ3v) is 3.59. The minimum Gasteiger partial charge on any atom is -0.491 e. The average molecular weight is 300 g/mol. The number of fused-ring (bicyclic) bond motifs is 1. The maximum absolute atomic E-state index is 6.05. The molecule has 0 N–H and O–H groups in total. The summed E-state index contributed by atoms with van der Waals surface area (Å²) in [6, 6.07) is 16.3. The number of aromatic nitrogens is 1. The zero-order valence-corrected chi connectivity index (χ0v) is 13.0. The molecule has 0 saturated heterocycles. The molecule has 1 aromatic heterocycles. The van der Waals surface area contributed by atoms with Gasteiger partial charge >= 0.3 is 0 Å². The topological polar surface area (TPSA) is 14.2 Å². The summed E-state index contributed by atoms with van der Waals surface area (Å²) >= 11 is 6.05. The summed E-state index contributed by atoms with van der Waals surface area (Å²) in [6.07, 6.45) is 2.29. The van der Waals surface area contributed by atoms with Crippen LogP contribution in [-0.2, 0) is 6.54 Å². The Morgan fingerprint density at radius 1 is 1.10 bits per heavy atom. The number of nitrogens with zero attached hydrogens (tertiary/aromatic N) is 1. The molecule has 3 rings (SSSR count). The van der Waals surface area contributed by atoms with Gasteiger partial charge in [0.05, 0.1) is 6.10 Å². The highest BCUT2D eigenvalue weighted by Crippen LogP contribution is 2.24. The molecule has 2 aromatic carbocycles. The van der Waals surface area contributed by atoms with E-state index in [2.05, 4.69) is 35.0 Å². The lowest BCUT2D eigenvalue weighted by atomic mass is 10.2. The molecule has 0 radical (unpaired) electrons. The number of rotatable bonds is 4. The highest BCUT2D eigenvalue weighted by atomic mass is 35.5. The minimum absolute atomic E-state index is 0.191. The van der Waals surface area contributed by atoms with Crippen molar-refractivity contribution >= 4 is 22.5 Å². The van der Waals surface area contributed by atoms with Crippen LogP contribution in [-0.4, -0.2) is 10.7 Å². The Kier molecular flexibility index (Phi) is 3.89. The van der Waals surface area contributed by atoms with Crippen molar-refractivity contribution in [2.24, 2.45) is 0 Å². The van der Waals surface area contributed by atoms with Gasteiger partial charge in [-0.05, 0) is 55.8 Å². The van der Waals surface area contributed by atoms with Crippen molar-refractivity contribution in [2.75, 3.05) is 0 Å². The second-order valence-corrected chi connectivity index (χ2v) is 5.90. The average Bonchev–Trinajstić information content (AvgIpc) is 2.81. The first-order chi connectivity index (χ1) is 10.1. The van der Waals surface area contributed by atoms with Crippen molar-refractivity contribution in [3.63, 3.8) is 0 Å². The monoisotopic (exact) mass is 299 g/mol. The molecule has 21 heavy (non-hydrogen) atoms. The number of hydrogen-bond acceptors (Lipinski definition) is 1. The third kappa shape index (κ3) is 3.22. The highest BCUT2D eigenvalue weighted by molar-refractivity contribution is 6.30. The second kappa shape index (κ2) is 5.82. The summed E-state index contributed by atoms with van der Waals surface area (Å²) in [5, 5.41) is 1.96. The molecule has 0 saturated carbocycles. The highest BCUT2D eigenvalue weighted by Gasteiger charge is 2.05. The SMILES string of the molecule is CC(C)Oc1ccc2c(ccn2Cc2cccc(Cl)c2)c1. The van der Waals surface area contributed by atoms with E-state index in [0.29, 0.717) is 0 Å². The molecule has 0 unspecified atom stereocenters. The fraction of sp³-hybridized carbons (Fsp3) is 0.222. The molecule has 3 aromatic rings. The first kappa shape index (κ1) is 14.0. The Hall–Kier alpha value is -1.93. The molecule has 108 valence electrons. The van der Waals surface area contributed by atoms with Crippen LogP contribution < -0.4 is 4.74 Å². The number of ether oxygens (including phenoxy) is 1. The van der Waals surface area contributed by atoms with Gasteiger partial charge in [0.1, 0.15) is 5.75 Å². The van der Waals surface area contributed by atoms with Gasteiger partial charge in [0.25, 0.3) is 0 Å². The van der Waals surface area contributed by atoms with Gasteiger partial charge in [0, 0.05) is 28.7 Å². The van der Waals surface area contributed by atoms with Crippen LogP contribution in [0.5, 0.6) is 5.75 Å². The predicted octanol–water partition coefficient (Wildman–Crippen LogP) is 5.13. The van der Waals surface area contributed by atoms with E-state index in [4.69, 9.17) is 16.3 Å². The Morgan fingerprint density at radius 2 is 1.95 bits per heavy atom. The Morgan fingerprint density at radius 3 is 2.71 bits per heavy atom. The summed E-state index contributed by atoms with van der Waals surface area (Å²) in [7, 11) is 0. The molecule has 0 atom stereocenters. The normalized spacial score (nSPS) is 11.2. The van der Waals surface area contributed by atoms with Gasteiger partial charge < -0.3 is 9.30 Å². The van der Waals surface area contributed by atoms with Gasteiger partial charge in [-0.1, -0.05) is 23.7 Å². The van der Waals surface area contributed by atoms with E-state index in [0.717, 1.165) is 17.3 Å². The maximum atomic E-state index is 6.05. The molecule has 0 amide bonds. The summed E-state index contributed by atoms with van der Waals surface area (Å²) in [6.45, 7) is 4.89. The van der Waals surface area contributed by atoms with Crippen LogP contribution in [0.3, 0.4) is 0 Å². The van der Waals surface area contributed by atoms with Crippen LogP contribution in [0.4, 0.5) is 0 Å². The van der Waals surface area contributed by atoms with Crippen LogP contribution in [0, 0.1) is 0 Å². The molecular formula is C18H18ClNO. The maximum Gasteiger partial charge on any atom is 0.120 e. The summed E-state index contributed by atoms with van der Waals surface area (Å²) < 4.78 is 7.96. The molecule has 0 fully saturated rings. The first-order valence-electron chi connectivity index (χ1n) is 7.12. The number of hydrogen-bond donors (Lipinski definition) is 0. The van der Waals surface area contributed by atoms with E-state index < -0.39 is 0 Å². The molecule has 0 aliphatic heterocycles. The lowest BCUT2D eigenvalue weighted by molar-refractivity contribution is 0.243. The zero-order valence-electron chi connectivity index (χ0n) is 12.2. The van der Waals surface area contributed by atoms with Gasteiger partial charge in [-0.3, -0.25) is 0 Å². The fourth-order valence-corrected chi connectivity index (χ4v) is 2.71. The fourth-order valence-electron chi connectivity index (χ4n) is 2.49.